The van der Waals surface area contributed by atoms with E-state index in [1.54, 1.807) is 12.2 Å². The van der Waals surface area contributed by atoms with E-state index in [2.05, 4.69) is 62.5 Å². The molecule has 10 nitrogen and oxygen atoms in total. The number of nitrogens with two attached hydrogens (primary N) is 1. The summed E-state index contributed by atoms with van der Waals surface area (Å²) < 4.78 is 32.6. The van der Waals surface area contributed by atoms with Crippen molar-refractivity contribution in [3.8, 4) is 0 Å². The molecule has 3 atom stereocenters. The molecule has 0 aromatic rings. The van der Waals surface area contributed by atoms with Crippen molar-refractivity contribution < 1.29 is 42.7 Å². The quantitative estimate of drug-likeness (QED) is 0.0182. The molecule has 310 valence electrons. The van der Waals surface area contributed by atoms with Crippen LogP contribution in [0.3, 0.4) is 0 Å². The molecule has 0 saturated carbocycles. The van der Waals surface area contributed by atoms with Gasteiger partial charge in [-0.3, -0.25) is 18.6 Å². The molecule has 11 heteroatoms. The van der Waals surface area contributed by atoms with Crippen LogP contribution in [0.5, 0.6) is 0 Å². The number of phosphoric ester groups is 1. The second-order valence-electron chi connectivity index (χ2n) is 13.3. The second-order valence-corrected chi connectivity index (χ2v) is 14.8. The molecule has 4 N–H and O–H groups in total. The van der Waals surface area contributed by atoms with Crippen molar-refractivity contribution in [3.05, 3.63) is 72.9 Å². The Morgan fingerprint density at radius 1 is 0.667 bits per heavy atom. The second kappa shape index (κ2) is 38.7. The third-order valence-corrected chi connectivity index (χ3v) is 9.16. The predicted molar refractivity (Wildman–Crippen MR) is 221 cm³/mol. The third-order valence-electron chi connectivity index (χ3n) is 8.18. The molecule has 0 fully saturated rings. The lowest BCUT2D eigenvalue weighted by molar-refractivity contribution is -0.161. The number of carbonyl (C=O) groups is 2. The predicted octanol–water partition coefficient (Wildman–Crippen LogP) is 10.5. The highest BCUT2D eigenvalue weighted by Crippen LogP contribution is 2.43. The lowest BCUT2D eigenvalue weighted by Gasteiger charge is -2.20. The average molecular weight is 780 g/mol. The summed E-state index contributed by atoms with van der Waals surface area (Å²) in [6, 6.07) is 0. The van der Waals surface area contributed by atoms with E-state index in [4.69, 9.17) is 24.3 Å². The number of aliphatic hydroxyl groups is 1. The molecule has 0 aromatic carbocycles. The van der Waals surface area contributed by atoms with Crippen LogP contribution in [0, 0.1) is 0 Å². The van der Waals surface area contributed by atoms with Gasteiger partial charge in [0.15, 0.2) is 6.10 Å². The number of phosphoric acid groups is 1. The highest BCUT2D eigenvalue weighted by molar-refractivity contribution is 7.47. The van der Waals surface area contributed by atoms with Crippen LogP contribution in [0.2, 0.25) is 0 Å². The Labute approximate surface area is 327 Å². The van der Waals surface area contributed by atoms with Gasteiger partial charge in [0.25, 0.3) is 0 Å². The first kappa shape index (κ1) is 51.4. The van der Waals surface area contributed by atoms with E-state index in [9.17, 15) is 24.2 Å². The van der Waals surface area contributed by atoms with Crippen LogP contribution in [-0.4, -0.2) is 60.5 Å². The average Bonchev–Trinajstić information content (AvgIpc) is 3.15. The van der Waals surface area contributed by atoms with Crippen molar-refractivity contribution in [2.45, 2.75) is 161 Å². The molecule has 0 radical (unpaired) electrons. The number of hydrogen-bond donors (Lipinski definition) is 3. The van der Waals surface area contributed by atoms with E-state index in [-0.39, 0.29) is 32.6 Å². The van der Waals surface area contributed by atoms with E-state index >= 15 is 0 Å². The van der Waals surface area contributed by atoms with Crippen molar-refractivity contribution in [1.29, 1.82) is 0 Å². The van der Waals surface area contributed by atoms with Gasteiger partial charge in [-0.2, -0.15) is 0 Å². The monoisotopic (exact) mass is 780 g/mol. The number of allylic oxidation sites excluding steroid dienone is 11. The molecule has 0 spiro atoms. The van der Waals surface area contributed by atoms with Crippen LogP contribution in [0.1, 0.15) is 149 Å². The molecule has 0 aliphatic carbocycles. The topological polar surface area (TPSA) is 155 Å². The highest BCUT2D eigenvalue weighted by atomic mass is 31.2. The van der Waals surface area contributed by atoms with Gasteiger partial charge in [-0.05, 0) is 70.6 Å². The Hall–Kier alpha value is -2.59. The van der Waals surface area contributed by atoms with Crippen molar-refractivity contribution in [1.82, 2.24) is 0 Å². The zero-order valence-corrected chi connectivity index (χ0v) is 34.4. The summed E-state index contributed by atoms with van der Waals surface area (Å²) >= 11 is 0. The summed E-state index contributed by atoms with van der Waals surface area (Å²) in [5.41, 5.74) is 5.33. The van der Waals surface area contributed by atoms with Gasteiger partial charge in [-0.15, -0.1) is 0 Å². The molecule has 0 aromatic heterocycles. The van der Waals surface area contributed by atoms with Gasteiger partial charge in [-0.25, -0.2) is 4.57 Å². The summed E-state index contributed by atoms with van der Waals surface area (Å²) in [6.45, 7) is 3.35. The molecule has 0 saturated heterocycles. The number of carbonyl (C=O) groups excluding carboxylic acids is 2. The SMILES string of the molecule is CC/C=C\C/C=C\C/C=C\C/C=C\C=C\C(O)CCCC(=O)O[C@H](COC(=O)CCCCCCCCC/C=C\CCCCCC)COP(=O)(O)OCCN. The minimum atomic E-state index is -4.43. The summed E-state index contributed by atoms with van der Waals surface area (Å²) in [5, 5.41) is 10.3. The molecule has 0 heterocycles. The summed E-state index contributed by atoms with van der Waals surface area (Å²) in [5.74, 6) is -1.05. The minimum absolute atomic E-state index is 0.00436. The zero-order chi connectivity index (χ0) is 39.8. The maximum Gasteiger partial charge on any atom is 0.472 e. The van der Waals surface area contributed by atoms with Crippen LogP contribution < -0.4 is 5.73 Å². The Bertz CT molecular complexity index is 1130. The van der Waals surface area contributed by atoms with Gasteiger partial charge >= 0.3 is 19.8 Å². The molecular weight excluding hydrogens is 705 g/mol. The first-order chi connectivity index (χ1) is 26.2. The first-order valence-corrected chi connectivity index (χ1v) is 22.0. The van der Waals surface area contributed by atoms with Crippen molar-refractivity contribution in [2.75, 3.05) is 26.4 Å². The van der Waals surface area contributed by atoms with Crippen LogP contribution in [0.4, 0.5) is 0 Å². The van der Waals surface area contributed by atoms with Gasteiger partial charge in [0, 0.05) is 19.4 Å². The Balaban J connectivity index is 4.41. The van der Waals surface area contributed by atoms with E-state index in [0.29, 0.717) is 19.3 Å². The number of rotatable bonds is 37. The highest BCUT2D eigenvalue weighted by Gasteiger charge is 2.26. The van der Waals surface area contributed by atoms with E-state index in [0.717, 1.165) is 51.4 Å². The fourth-order valence-electron chi connectivity index (χ4n) is 5.13. The van der Waals surface area contributed by atoms with Crippen LogP contribution in [0.15, 0.2) is 72.9 Å². The maximum atomic E-state index is 12.6. The maximum absolute atomic E-state index is 12.6. The van der Waals surface area contributed by atoms with Crippen molar-refractivity contribution in [3.63, 3.8) is 0 Å². The third kappa shape index (κ3) is 37.7. The molecule has 0 aliphatic heterocycles. The lowest BCUT2D eigenvalue weighted by atomic mass is 10.1. The number of esters is 2. The smallest absolute Gasteiger partial charge is 0.462 e. The molecule has 0 bridgehead atoms. The molecule has 0 amide bonds. The first-order valence-electron chi connectivity index (χ1n) is 20.5. The van der Waals surface area contributed by atoms with Gasteiger partial charge < -0.3 is 25.2 Å². The molecule has 0 aliphatic rings. The fraction of sp³-hybridized carbons (Fsp3) is 0.674. The summed E-state index contributed by atoms with van der Waals surface area (Å²) in [6.07, 6.45) is 42.5. The van der Waals surface area contributed by atoms with E-state index in [1.807, 2.05) is 12.2 Å². The zero-order valence-electron chi connectivity index (χ0n) is 33.5. The molecule has 0 rings (SSSR count). The number of aliphatic hydroxyl groups excluding tert-OH is 1. The van der Waals surface area contributed by atoms with E-state index in [1.165, 1.54) is 51.4 Å². The molecule has 54 heavy (non-hydrogen) atoms. The van der Waals surface area contributed by atoms with Crippen LogP contribution >= 0.6 is 7.82 Å². The van der Waals surface area contributed by atoms with E-state index < -0.39 is 38.6 Å². The summed E-state index contributed by atoms with van der Waals surface area (Å²) in [7, 11) is -4.43. The Kier molecular flexibility index (Phi) is 36.8. The fourth-order valence-corrected chi connectivity index (χ4v) is 5.89. The Morgan fingerprint density at radius 2 is 1.24 bits per heavy atom. The number of ether oxygens (including phenoxy) is 2. The lowest BCUT2D eigenvalue weighted by Crippen LogP contribution is -2.29. The molecule has 2 unspecified atom stereocenters. The minimum Gasteiger partial charge on any atom is -0.462 e. The Morgan fingerprint density at radius 3 is 1.87 bits per heavy atom. The number of hydrogen-bond acceptors (Lipinski definition) is 9. The van der Waals surface area contributed by atoms with Gasteiger partial charge in [0.05, 0.1) is 19.3 Å². The normalized spacial score (nSPS) is 14.7. The summed E-state index contributed by atoms with van der Waals surface area (Å²) in [4.78, 5) is 34.8. The molecular formula is C43H74NO9P. The largest absolute Gasteiger partial charge is 0.472 e. The van der Waals surface area contributed by atoms with Crippen molar-refractivity contribution >= 4 is 19.8 Å². The van der Waals surface area contributed by atoms with Crippen LogP contribution in [0.25, 0.3) is 0 Å². The number of unbranched alkanes of at least 4 members (excludes halogenated alkanes) is 11. The van der Waals surface area contributed by atoms with Crippen molar-refractivity contribution in [2.24, 2.45) is 5.73 Å². The van der Waals surface area contributed by atoms with Gasteiger partial charge in [0.1, 0.15) is 6.61 Å². The van der Waals surface area contributed by atoms with Gasteiger partial charge in [-0.1, -0.05) is 138 Å². The van der Waals surface area contributed by atoms with Gasteiger partial charge in [0.2, 0.25) is 0 Å². The van der Waals surface area contributed by atoms with Crippen LogP contribution in [-0.2, 0) is 32.7 Å². The standard InChI is InChI=1S/C43H74NO9P/c1-3-5-7-9-11-13-15-17-18-20-22-24-26-28-30-34-42(46)50-38-41(39-52-54(48,49)51-37-36-44)53-43(47)35-31-33-40(45)32-29-27-25-23-21-19-16-14-12-10-8-6-4-2/h6,8,12-15,19,21,25,27,29,32,40-41,45H,3-5,7,9-11,16-18,20,22-24,26,28,30-31,33-39,44H2,1-2H3,(H,48,49)/b8-6-,14-12-,15-13-,21-19-,27-25-,32-29+/t40?,41-/m1/s1.